The Hall–Kier alpha value is -0.960. The van der Waals surface area contributed by atoms with Crippen molar-refractivity contribution in [1.82, 2.24) is 5.32 Å². The van der Waals surface area contributed by atoms with E-state index in [9.17, 15) is 8.78 Å². The van der Waals surface area contributed by atoms with Crippen molar-refractivity contribution in [3.8, 4) is 0 Å². The highest BCUT2D eigenvalue weighted by Crippen LogP contribution is 2.47. The normalized spacial score (nSPS) is 23.0. The first-order valence-corrected chi connectivity index (χ1v) is 8.06. The van der Waals surface area contributed by atoms with Gasteiger partial charge in [0.15, 0.2) is 11.6 Å². The van der Waals surface area contributed by atoms with Gasteiger partial charge in [-0.25, -0.2) is 8.78 Å². The van der Waals surface area contributed by atoms with Crippen LogP contribution >= 0.6 is 0 Å². The number of aryl methyl sites for hydroxylation is 1. The minimum absolute atomic E-state index is 0.111. The molecule has 3 heteroatoms. The van der Waals surface area contributed by atoms with Gasteiger partial charge in [0.05, 0.1) is 0 Å². The maximum absolute atomic E-state index is 14.4. The third kappa shape index (κ3) is 3.28. The number of halogens is 2. The van der Waals surface area contributed by atoms with E-state index in [1.165, 1.54) is 12.8 Å². The van der Waals surface area contributed by atoms with E-state index in [1.54, 1.807) is 19.1 Å². The van der Waals surface area contributed by atoms with E-state index in [0.29, 0.717) is 17.0 Å². The Kier molecular flexibility index (Phi) is 5.03. The Morgan fingerprint density at radius 3 is 2.57 bits per heavy atom. The van der Waals surface area contributed by atoms with E-state index in [0.717, 1.165) is 19.4 Å². The fourth-order valence-electron chi connectivity index (χ4n) is 3.73. The Morgan fingerprint density at radius 1 is 1.24 bits per heavy atom. The van der Waals surface area contributed by atoms with Crippen molar-refractivity contribution in [2.45, 2.75) is 59.4 Å². The Bertz CT molecular complexity index is 496. The van der Waals surface area contributed by atoms with Gasteiger partial charge < -0.3 is 5.32 Å². The summed E-state index contributed by atoms with van der Waals surface area (Å²) >= 11 is 0. The Labute approximate surface area is 127 Å². The van der Waals surface area contributed by atoms with Crippen LogP contribution in [0, 0.1) is 29.9 Å². The fourth-order valence-corrected chi connectivity index (χ4v) is 3.73. The van der Waals surface area contributed by atoms with Gasteiger partial charge in [0.1, 0.15) is 0 Å². The fraction of sp³-hybridized carbons (Fsp3) is 0.667. The standard InChI is InChI=1S/C18H27F2N/c1-5-21-17(14-8-6-7-11-18(14,3)4)13-10-9-12(2)15(19)16(13)20/h9-10,14,17,21H,5-8,11H2,1-4H3. The number of hydrogen-bond donors (Lipinski definition) is 1. The van der Waals surface area contributed by atoms with Crippen LogP contribution in [0.25, 0.3) is 0 Å². The molecule has 0 amide bonds. The van der Waals surface area contributed by atoms with Crippen molar-refractivity contribution in [3.05, 3.63) is 34.9 Å². The van der Waals surface area contributed by atoms with Gasteiger partial charge >= 0.3 is 0 Å². The van der Waals surface area contributed by atoms with E-state index in [-0.39, 0.29) is 11.5 Å². The number of hydrogen-bond acceptors (Lipinski definition) is 1. The zero-order valence-corrected chi connectivity index (χ0v) is 13.6. The topological polar surface area (TPSA) is 12.0 Å². The third-order valence-electron chi connectivity index (χ3n) is 5.06. The number of rotatable bonds is 4. The monoisotopic (exact) mass is 295 g/mol. The van der Waals surface area contributed by atoms with Gasteiger partial charge in [-0.05, 0) is 43.2 Å². The second-order valence-electron chi connectivity index (χ2n) is 6.98. The quantitative estimate of drug-likeness (QED) is 0.811. The highest BCUT2D eigenvalue weighted by atomic mass is 19.2. The summed E-state index contributed by atoms with van der Waals surface area (Å²) in [6, 6.07) is 3.33. The van der Waals surface area contributed by atoms with Gasteiger partial charge in [0, 0.05) is 11.6 Å². The highest BCUT2D eigenvalue weighted by molar-refractivity contribution is 5.29. The first-order valence-electron chi connectivity index (χ1n) is 8.06. The van der Waals surface area contributed by atoms with Gasteiger partial charge in [-0.2, -0.15) is 0 Å². The lowest BCUT2D eigenvalue weighted by molar-refractivity contribution is 0.0971. The van der Waals surface area contributed by atoms with Gasteiger partial charge in [-0.3, -0.25) is 0 Å². The van der Waals surface area contributed by atoms with E-state index < -0.39 is 11.6 Å². The molecule has 2 rings (SSSR count). The summed E-state index contributed by atoms with van der Waals surface area (Å²) in [6.45, 7) is 8.89. The molecule has 1 N–H and O–H groups in total. The van der Waals surface area contributed by atoms with E-state index >= 15 is 0 Å². The largest absolute Gasteiger partial charge is 0.310 e. The smallest absolute Gasteiger partial charge is 0.163 e. The lowest BCUT2D eigenvalue weighted by Crippen LogP contribution is -2.39. The summed E-state index contributed by atoms with van der Waals surface area (Å²) in [5.74, 6) is -1.05. The summed E-state index contributed by atoms with van der Waals surface area (Å²) in [5.41, 5.74) is 1.01. The van der Waals surface area contributed by atoms with Crippen LogP contribution in [0.15, 0.2) is 12.1 Å². The zero-order valence-electron chi connectivity index (χ0n) is 13.6. The summed E-state index contributed by atoms with van der Waals surface area (Å²) in [4.78, 5) is 0. The minimum atomic E-state index is -0.705. The van der Waals surface area contributed by atoms with E-state index in [2.05, 4.69) is 19.2 Å². The van der Waals surface area contributed by atoms with Gasteiger partial charge in [-0.15, -0.1) is 0 Å². The molecule has 0 aromatic heterocycles. The highest BCUT2D eigenvalue weighted by Gasteiger charge is 2.39. The van der Waals surface area contributed by atoms with Crippen LogP contribution in [-0.4, -0.2) is 6.54 Å². The molecule has 1 aromatic carbocycles. The summed E-state index contributed by atoms with van der Waals surface area (Å²) in [7, 11) is 0. The third-order valence-corrected chi connectivity index (χ3v) is 5.06. The second kappa shape index (κ2) is 6.43. The molecule has 1 aliphatic rings. The molecule has 1 aromatic rings. The molecule has 1 nitrogen and oxygen atoms in total. The summed E-state index contributed by atoms with van der Waals surface area (Å²) < 4.78 is 28.4. The first kappa shape index (κ1) is 16.4. The van der Waals surface area contributed by atoms with Crippen molar-refractivity contribution >= 4 is 0 Å². The molecule has 118 valence electrons. The molecule has 0 heterocycles. The predicted molar refractivity (Wildman–Crippen MR) is 83.3 cm³/mol. The molecule has 0 spiro atoms. The SMILES string of the molecule is CCNC(c1ccc(C)c(F)c1F)C1CCCCC1(C)C. The molecule has 2 atom stereocenters. The predicted octanol–water partition coefficient (Wildman–Crippen LogP) is 5.14. The molecular weight excluding hydrogens is 268 g/mol. The van der Waals surface area contributed by atoms with Crippen molar-refractivity contribution in [3.63, 3.8) is 0 Å². The van der Waals surface area contributed by atoms with Gasteiger partial charge in [0.25, 0.3) is 0 Å². The van der Waals surface area contributed by atoms with Crippen LogP contribution in [0.1, 0.15) is 63.6 Å². The molecule has 1 fully saturated rings. The van der Waals surface area contributed by atoms with Crippen LogP contribution in [0.3, 0.4) is 0 Å². The van der Waals surface area contributed by atoms with Crippen LogP contribution in [0.2, 0.25) is 0 Å². The maximum atomic E-state index is 14.4. The Balaban J connectivity index is 2.41. The van der Waals surface area contributed by atoms with Crippen LogP contribution in [0.5, 0.6) is 0 Å². The molecule has 0 radical (unpaired) electrons. The maximum Gasteiger partial charge on any atom is 0.163 e. The molecule has 2 unspecified atom stereocenters. The van der Waals surface area contributed by atoms with Crippen LogP contribution < -0.4 is 5.32 Å². The average molecular weight is 295 g/mol. The minimum Gasteiger partial charge on any atom is -0.310 e. The summed E-state index contributed by atoms with van der Waals surface area (Å²) in [6.07, 6.45) is 4.62. The van der Waals surface area contributed by atoms with Crippen molar-refractivity contribution < 1.29 is 8.78 Å². The van der Waals surface area contributed by atoms with Gasteiger partial charge in [-0.1, -0.05) is 45.7 Å². The number of benzene rings is 1. The Morgan fingerprint density at radius 2 is 1.95 bits per heavy atom. The molecule has 0 aliphatic heterocycles. The molecule has 1 saturated carbocycles. The van der Waals surface area contributed by atoms with Crippen LogP contribution in [-0.2, 0) is 0 Å². The van der Waals surface area contributed by atoms with Crippen molar-refractivity contribution in [1.29, 1.82) is 0 Å². The molecule has 0 bridgehead atoms. The molecular formula is C18H27F2N. The molecule has 0 saturated heterocycles. The average Bonchev–Trinajstić information content (AvgIpc) is 2.43. The van der Waals surface area contributed by atoms with Crippen LogP contribution in [0.4, 0.5) is 8.78 Å². The zero-order chi connectivity index (χ0) is 15.6. The van der Waals surface area contributed by atoms with E-state index in [4.69, 9.17) is 0 Å². The van der Waals surface area contributed by atoms with Crippen molar-refractivity contribution in [2.24, 2.45) is 11.3 Å². The number of nitrogens with one attached hydrogen (secondary N) is 1. The van der Waals surface area contributed by atoms with E-state index in [1.807, 2.05) is 6.92 Å². The van der Waals surface area contributed by atoms with Gasteiger partial charge in [0.2, 0.25) is 0 Å². The second-order valence-corrected chi connectivity index (χ2v) is 6.98. The lowest BCUT2D eigenvalue weighted by Gasteiger charge is -2.43. The summed E-state index contributed by atoms with van der Waals surface area (Å²) in [5, 5.41) is 3.41. The first-order chi connectivity index (χ1) is 9.88. The molecule has 21 heavy (non-hydrogen) atoms. The van der Waals surface area contributed by atoms with Crippen molar-refractivity contribution in [2.75, 3.05) is 6.54 Å². The lowest BCUT2D eigenvalue weighted by atomic mass is 9.64. The molecule has 1 aliphatic carbocycles.